The fraction of sp³-hybridized carbons (Fsp3) is 1.00. The molecule has 0 saturated carbocycles. The molecule has 0 spiro atoms. The van der Waals surface area contributed by atoms with E-state index in [0.29, 0.717) is 5.16 Å². The first-order chi connectivity index (χ1) is 5.73. The molecule has 0 aromatic heterocycles. The van der Waals surface area contributed by atoms with Crippen LogP contribution in [0.3, 0.4) is 0 Å². The maximum atomic E-state index is 6.41. The molecule has 0 amide bonds. The molecule has 1 aliphatic rings. The monoisotopic (exact) mass is 185 g/mol. The maximum Gasteiger partial charge on any atom is 0.0603 e. The van der Waals surface area contributed by atoms with Gasteiger partial charge in [0.25, 0.3) is 0 Å². The smallest absolute Gasteiger partial charge is 0.0603 e. The normalized spacial score (nSPS) is 35.8. The van der Waals surface area contributed by atoms with Crippen LogP contribution in [0.1, 0.15) is 46.0 Å². The first-order valence-electron chi connectivity index (χ1n) is 5.52. The van der Waals surface area contributed by atoms with Gasteiger partial charge in [-0.25, -0.2) is 0 Å². The first kappa shape index (κ1) is 10.3. The fourth-order valence-electron chi connectivity index (χ4n) is 2.52. The molecule has 2 unspecified atom stereocenters. The second kappa shape index (κ2) is 4.42. The Balaban J connectivity index is 2.40. The number of nitrogens with two attached hydrogens (primary N) is 1. The summed E-state index contributed by atoms with van der Waals surface area (Å²) in [5, 5.41) is 0.342. The second-order valence-corrected chi connectivity index (χ2v) is 8.02. The molecule has 0 aromatic carbocycles. The van der Waals surface area contributed by atoms with Crippen LogP contribution in [0.15, 0.2) is 0 Å². The zero-order valence-corrected chi connectivity index (χ0v) is 9.76. The molecular weight excluding hydrogens is 162 g/mol. The first-order valence-corrected chi connectivity index (χ1v) is 7.73. The summed E-state index contributed by atoms with van der Waals surface area (Å²) in [5.41, 5.74) is 6.41. The highest BCUT2D eigenvalue weighted by Gasteiger charge is 2.37. The summed E-state index contributed by atoms with van der Waals surface area (Å²) >= 11 is 0. The van der Waals surface area contributed by atoms with Crippen LogP contribution in [0, 0.1) is 0 Å². The van der Waals surface area contributed by atoms with Gasteiger partial charge < -0.3 is 5.73 Å². The lowest BCUT2D eigenvalue weighted by molar-refractivity contribution is 0.540. The molecule has 1 heterocycles. The van der Waals surface area contributed by atoms with Gasteiger partial charge in [0.1, 0.15) is 0 Å². The van der Waals surface area contributed by atoms with Crippen molar-refractivity contribution >= 4 is 8.80 Å². The average Bonchev–Trinajstić information content (AvgIpc) is 2.45. The molecule has 2 heteroatoms. The second-order valence-electron chi connectivity index (χ2n) is 4.32. The minimum absolute atomic E-state index is 0.342. The highest BCUT2D eigenvalue weighted by Crippen LogP contribution is 2.33. The number of rotatable bonds is 4. The number of hydrogen-bond donors (Lipinski definition) is 1. The van der Waals surface area contributed by atoms with E-state index >= 15 is 0 Å². The Morgan fingerprint density at radius 1 is 1.42 bits per heavy atom. The van der Waals surface area contributed by atoms with Crippen LogP contribution in [-0.4, -0.2) is 14.0 Å². The summed E-state index contributed by atoms with van der Waals surface area (Å²) in [6.45, 7) is 4.56. The zero-order chi connectivity index (χ0) is 9.03. The van der Waals surface area contributed by atoms with Gasteiger partial charge in [-0.1, -0.05) is 45.2 Å². The van der Waals surface area contributed by atoms with Crippen molar-refractivity contribution in [3.8, 4) is 0 Å². The highest BCUT2D eigenvalue weighted by atomic mass is 28.3. The Morgan fingerprint density at radius 2 is 2.17 bits per heavy atom. The Kier molecular flexibility index (Phi) is 3.78. The van der Waals surface area contributed by atoms with Crippen molar-refractivity contribution in [3.63, 3.8) is 0 Å². The number of unbranched alkanes of at least 4 members (excludes halogenated alkanes) is 1. The van der Waals surface area contributed by atoms with Crippen LogP contribution in [0.5, 0.6) is 0 Å². The SMILES string of the molecule is CCCC[SiH]1CCCC1(N)CC. The van der Waals surface area contributed by atoms with Crippen molar-refractivity contribution in [3.05, 3.63) is 0 Å². The van der Waals surface area contributed by atoms with Crippen molar-refractivity contribution in [1.29, 1.82) is 0 Å². The summed E-state index contributed by atoms with van der Waals surface area (Å²) in [4.78, 5) is 0. The van der Waals surface area contributed by atoms with Crippen molar-refractivity contribution in [2.45, 2.75) is 63.2 Å². The van der Waals surface area contributed by atoms with E-state index in [1.807, 2.05) is 0 Å². The maximum absolute atomic E-state index is 6.41. The van der Waals surface area contributed by atoms with Gasteiger partial charge in [-0.3, -0.25) is 0 Å². The van der Waals surface area contributed by atoms with Gasteiger partial charge in [0.05, 0.1) is 8.80 Å². The Labute approximate surface area is 78.3 Å². The molecule has 0 aromatic rings. The van der Waals surface area contributed by atoms with Gasteiger partial charge in [0, 0.05) is 5.16 Å². The summed E-state index contributed by atoms with van der Waals surface area (Å²) in [6.07, 6.45) is 6.75. The summed E-state index contributed by atoms with van der Waals surface area (Å²) in [6, 6.07) is 3.02. The average molecular weight is 185 g/mol. The molecule has 2 N–H and O–H groups in total. The van der Waals surface area contributed by atoms with Gasteiger partial charge in [-0.05, 0) is 12.8 Å². The van der Waals surface area contributed by atoms with E-state index in [4.69, 9.17) is 5.73 Å². The van der Waals surface area contributed by atoms with E-state index in [1.54, 1.807) is 0 Å². The third kappa shape index (κ3) is 2.11. The van der Waals surface area contributed by atoms with Crippen LogP contribution in [-0.2, 0) is 0 Å². The lowest BCUT2D eigenvalue weighted by Gasteiger charge is -2.29. The molecule has 0 radical (unpaired) electrons. The van der Waals surface area contributed by atoms with Crippen molar-refractivity contribution in [2.24, 2.45) is 5.73 Å². The zero-order valence-electron chi connectivity index (χ0n) is 8.60. The largest absolute Gasteiger partial charge is 0.328 e. The molecule has 72 valence electrons. The van der Waals surface area contributed by atoms with Crippen molar-refractivity contribution in [1.82, 2.24) is 0 Å². The van der Waals surface area contributed by atoms with Crippen LogP contribution < -0.4 is 5.73 Å². The van der Waals surface area contributed by atoms with Gasteiger partial charge in [0.15, 0.2) is 0 Å². The van der Waals surface area contributed by atoms with Crippen LogP contribution in [0.4, 0.5) is 0 Å². The van der Waals surface area contributed by atoms with Crippen molar-refractivity contribution < 1.29 is 0 Å². The number of hydrogen-bond acceptors (Lipinski definition) is 1. The fourth-order valence-corrected chi connectivity index (χ4v) is 6.74. The van der Waals surface area contributed by atoms with E-state index in [2.05, 4.69) is 13.8 Å². The van der Waals surface area contributed by atoms with E-state index in [-0.39, 0.29) is 0 Å². The summed E-state index contributed by atoms with van der Waals surface area (Å²) in [5.74, 6) is 0. The summed E-state index contributed by atoms with van der Waals surface area (Å²) in [7, 11) is -0.551. The quantitative estimate of drug-likeness (QED) is 0.669. The Bertz CT molecular complexity index is 138. The molecule has 12 heavy (non-hydrogen) atoms. The predicted octanol–water partition coefficient (Wildman–Crippen LogP) is 2.45. The standard InChI is InChI=1S/C10H23NSi/c1-3-5-8-12-9-6-7-10(12,11)4-2/h12H,3-9,11H2,1-2H3. The third-order valence-corrected chi connectivity index (χ3v) is 8.11. The van der Waals surface area contributed by atoms with Crippen molar-refractivity contribution in [2.75, 3.05) is 0 Å². The topological polar surface area (TPSA) is 26.0 Å². The summed E-state index contributed by atoms with van der Waals surface area (Å²) < 4.78 is 0. The van der Waals surface area contributed by atoms with Gasteiger partial charge in [-0.15, -0.1) is 0 Å². The van der Waals surface area contributed by atoms with Gasteiger partial charge >= 0.3 is 0 Å². The van der Waals surface area contributed by atoms with Gasteiger partial charge in [0.2, 0.25) is 0 Å². The van der Waals surface area contributed by atoms with Crippen LogP contribution in [0.2, 0.25) is 12.1 Å². The molecular formula is C10H23NSi. The van der Waals surface area contributed by atoms with E-state index in [0.717, 1.165) is 0 Å². The van der Waals surface area contributed by atoms with Crippen LogP contribution in [0.25, 0.3) is 0 Å². The lowest BCUT2D eigenvalue weighted by atomic mass is 10.1. The molecule has 1 saturated heterocycles. The molecule has 1 aliphatic heterocycles. The van der Waals surface area contributed by atoms with E-state index < -0.39 is 8.80 Å². The Hall–Kier alpha value is 0.177. The Morgan fingerprint density at radius 3 is 2.75 bits per heavy atom. The van der Waals surface area contributed by atoms with E-state index in [1.165, 1.54) is 44.2 Å². The highest BCUT2D eigenvalue weighted by molar-refractivity contribution is 6.63. The minimum atomic E-state index is -0.551. The van der Waals surface area contributed by atoms with E-state index in [9.17, 15) is 0 Å². The third-order valence-electron chi connectivity index (χ3n) is 3.57. The van der Waals surface area contributed by atoms with Crippen LogP contribution >= 0.6 is 0 Å². The molecule has 1 fully saturated rings. The van der Waals surface area contributed by atoms with Gasteiger partial charge in [-0.2, -0.15) is 0 Å². The molecule has 1 rings (SSSR count). The molecule has 0 bridgehead atoms. The molecule has 0 aliphatic carbocycles. The minimum Gasteiger partial charge on any atom is -0.328 e. The molecule has 1 nitrogen and oxygen atoms in total. The lowest BCUT2D eigenvalue weighted by Crippen LogP contribution is -2.49. The predicted molar refractivity (Wildman–Crippen MR) is 58.1 cm³/mol. The molecule has 2 atom stereocenters.